The molecule has 5 heteroatoms. The lowest BCUT2D eigenvalue weighted by Gasteiger charge is -2.14. The van der Waals surface area contributed by atoms with Gasteiger partial charge in [0.15, 0.2) is 5.78 Å². The van der Waals surface area contributed by atoms with E-state index in [9.17, 15) is 14.4 Å². The Labute approximate surface area is 152 Å². The molecule has 2 aromatic rings. The molecule has 1 atom stereocenters. The lowest BCUT2D eigenvalue weighted by atomic mass is 9.93. The molecule has 0 aliphatic carbocycles. The Balaban J connectivity index is 2.14. The summed E-state index contributed by atoms with van der Waals surface area (Å²) in [6.07, 6.45) is -0.174. The first kappa shape index (κ1) is 19.4. The van der Waals surface area contributed by atoms with Gasteiger partial charge in [-0.2, -0.15) is 0 Å². The van der Waals surface area contributed by atoms with Crippen LogP contribution in [0.2, 0.25) is 0 Å². The van der Waals surface area contributed by atoms with Gasteiger partial charge in [0.05, 0.1) is 6.61 Å². The van der Waals surface area contributed by atoms with Crippen LogP contribution < -0.4 is 4.74 Å². The highest BCUT2D eigenvalue weighted by atomic mass is 16.5. The Hall–Kier alpha value is -2.95. The second-order valence-electron chi connectivity index (χ2n) is 5.88. The summed E-state index contributed by atoms with van der Waals surface area (Å²) in [5.74, 6) is -1.97. The first-order chi connectivity index (χ1) is 12.5. The van der Waals surface area contributed by atoms with Crippen LogP contribution in [0.3, 0.4) is 0 Å². The maximum absolute atomic E-state index is 12.7. The van der Waals surface area contributed by atoms with E-state index >= 15 is 0 Å². The Kier molecular flexibility index (Phi) is 7.09. The molecule has 1 unspecified atom stereocenters. The van der Waals surface area contributed by atoms with E-state index in [4.69, 9.17) is 9.47 Å². The summed E-state index contributed by atoms with van der Waals surface area (Å²) in [5, 5.41) is 0. The van der Waals surface area contributed by atoms with Crippen molar-refractivity contribution in [1.29, 1.82) is 0 Å². The number of benzene rings is 2. The second-order valence-corrected chi connectivity index (χ2v) is 5.88. The molecule has 0 aliphatic rings. The van der Waals surface area contributed by atoms with E-state index in [0.29, 0.717) is 17.9 Å². The van der Waals surface area contributed by atoms with Crippen molar-refractivity contribution in [3.05, 3.63) is 65.7 Å². The van der Waals surface area contributed by atoms with Crippen LogP contribution in [0.1, 0.15) is 36.2 Å². The minimum Gasteiger partial charge on any atom is -0.489 e. The summed E-state index contributed by atoms with van der Waals surface area (Å²) in [7, 11) is 0. The smallest absolute Gasteiger partial charge is 0.317 e. The largest absolute Gasteiger partial charge is 0.489 e. The highest BCUT2D eigenvalue weighted by Crippen LogP contribution is 2.20. The van der Waals surface area contributed by atoms with Crippen LogP contribution in [0.25, 0.3) is 0 Å². The SMILES string of the molecule is CCOC(=O)C(CC(C)=O)C(=O)c1cccc(OCc2ccccc2)c1. The van der Waals surface area contributed by atoms with Crippen molar-refractivity contribution in [3.8, 4) is 5.75 Å². The number of carbonyl (C=O) groups is 3. The maximum Gasteiger partial charge on any atom is 0.317 e. The molecular weight excluding hydrogens is 332 g/mol. The highest BCUT2D eigenvalue weighted by molar-refractivity contribution is 6.10. The lowest BCUT2D eigenvalue weighted by molar-refractivity contribution is -0.147. The summed E-state index contributed by atoms with van der Waals surface area (Å²) in [5.41, 5.74) is 1.32. The monoisotopic (exact) mass is 354 g/mol. The molecule has 0 radical (unpaired) electrons. The Morgan fingerprint density at radius 3 is 2.38 bits per heavy atom. The quantitative estimate of drug-likeness (QED) is 0.391. The van der Waals surface area contributed by atoms with Gasteiger partial charge in [0.25, 0.3) is 0 Å². The maximum atomic E-state index is 12.7. The van der Waals surface area contributed by atoms with Gasteiger partial charge in [-0.25, -0.2) is 0 Å². The third-order valence-electron chi connectivity index (χ3n) is 3.75. The van der Waals surface area contributed by atoms with Crippen molar-refractivity contribution in [2.45, 2.75) is 26.9 Å². The highest BCUT2D eigenvalue weighted by Gasteiger charge is 2.30. The first-order valence-corrected chi connectivity index (χ1v) is 8.48. The normalized spacial score (nSPS) is 11.5. The fourth-order valence-electron chi connectivity index (χ4n) is 2.49. The number of rotatable bonds is 9. The molecular formula is C21H22O5. The topological polar surface area (TPSA) is 69.7 Å². The minimum atomic E-state index is -1.13. The van der Waals surface area contributed by atoms with Crippen molar-refractivity contribution < 1.29 is 23.9 Å². The molecule has 0 aliphatic heterocycles. The zero-order valence-electron chi connectivity index (χ0n) is 14.9. The average Bonchev–Trinajstić information content (AvgIpc) is 2.65. The van der Waals surface area contributed by atoms with E-state index in [1.54, 1.807) is 31.2 Å². The second kappa shape index (κ2) is 9.51. The first-order valence-electron chi connectivity index (χ1n) is 8.48. The standard InChI is InChI=1S/C21H22O5/c1-3-25-21(24)19(12-15(2)22)20(23)17-10-7-11-18(13-17)26-14-16-8-5-4-6-9-16/h4-11,13,19H,3,12,14H2,1-2H3. The van der Waals surface area contributed by atoms with Crippen LogP contribution >= 0.6 is 0 Å². The number of Topliss-reactive ketones (excluding diaryl/α,β-unsaturated/α-hetero) is 2. The van der Waals surface area contributed by atoms with E-state index in [1.807, 2.05) is 30.3 Å². The van der Waals surface area contributed by atoms with Crippen molar-refractivity contribution in [3.63, 3.8) is 0 Å². The van der Waals surface area contributed by atoms with Gasteiger partial charge in [-0.05, 0) is 31.5 Å². The molecule has 2 rings (SSSR count). The van der Waals surface area contributed by atoms with Crippen molar-refractivity contribution in [2.75, 3.05) is 6.61 Å². The predicted molar refractivity (Wildman–Crippen MR) is 97.0 cm³/mol. The molecule has 26 heavy (non-hydrogen) atoms. The van der Waals surface area contributed by atoms with Gasteiger partial charge in [-0.15, -0.1) is 0 Å². The van der Waals surface area contributed by atoms with E-state index in [0.717, 1.165) is 5.56 Å². The number of ketones is 2. The average molecular weight is 354 g/mol. The van der Waals surface area contributed by atoms with Crippen molar-refractivity contribution >= 4 is 17.5 Å². The third-order valence-corrected chi connectivity index (χ3v) is 3.75. The third kappa shape index (κ3) is 5.55. The molecule has 0 amide bonds. The van der Waals surface area contributed by atoms with Gasteiger partial charge in [-0.3, -0.25) is 14.4 Å². The zero-order valence-corrected chi connectivity index (χ0v) is 14.9. The number of esters is 1. The molecule has 0 saturated heterocycles. The van der Waals surface area contributed by atoms with E-state index in [-0.39, 0.29) is 18.8 Å². The summed E-state index contributed by atoms with van der Waals surface area (Å²) >= 11 is 0. The fourth-order valence-corrected chi connectivity index (χ4v) is 2.49. The Bertz CT molecular complexity index is 767. The van der Waals surface area contributed by atoms with Crippen LogP contribution in [0.15, 0.2) is 54.6 Å². The minimum absolute atomic E-state index is 0.154. The Morgan fingerprint density at radius 2 is 1.73 bits per heavy atom. The molecule has 136 valence electrons. The molecule has 0 saturated carbocycles. The van der Waals surface area contributed by atoms with Gasteiger partial charge >= 0.3 is 5.97 Å². The van der Waals surface area contributed by atoms with Gasteiger partial charge in [0.1, 0.15) is 24.1 Å². The number of ether oxygens (including phenoxy) is 2. The zero-order chi connectivity index (χ0) is 18.9. The molecule has 2 aromatic carbocycles. The van der Waals surface area contributed by atoms with Crippen molar-refractivity contribution in [1.82, 2.24) is 0 Å². The van der Waals surface area contributed by atoms with Gasteiger partial charge in [0, 0.05) is 12.0 Å². The summed E-state index contributed by atoms with van der Waals surface area (Å²) < 4.78 is 10.7. The molecule has 5 nitrogen and oxygen atoms in total. The predicted octanol–water partition coefficient (Wildman–Crippen LogP) is 3.61. The molecule has 0 heterocycles. The Morgan fingerprint density at radius 1 is 1.00 bits per heavy atom. The number of carbonyl (C=O) groups excluding carboxylic acids is 3. The fraction of sp³-hybridized carbons (Fsp3) is 0.286. The molecule has 0 aromatic heterocycles. The van der Waals surface area contributed by atoms with Crippen LogP contribution in [0.4, 0.5) is 0 Å². The van der Waals surface area contributed by atoms with Crippen LogP contribution in [-0.2, 0) is 20.9 Å². The van der Waals surface area contributed by atoms with Crippen LogP contribution in [0.5, 0.6) is 5.75 Å². The van der Waals surface area contributed by atoms with Crippen LogP contribution in [0, 0.1) is 5.92 Å². The summed E-state index contributed by atoms with van der Waals surface area (Å²) in [6.45, 7) is 3.53. The van der Waals surface area contributed by atoms with Crippen LogP contribution in [-0.4, -0.2) is 24.1 Å². The van der Waals surface area contributed by atoms with Gasteiger partial charge < -0.3 is 9.47 Å². The number of hydrogen-bond donors (Lipinski definition) is 0. The van der Waals surface area contributed by atoms with Gasteiger partial charge in [-0.1, -0.05) is 42.5 Å². The van der Waals surface area contributed by atoms with E-state index < -0.39 is 17.7 Å². The van der Waals surface area contributed by atoms with E-state index in [2.05, 4.69) is 0 Å². The van der Waals surface area contributed by atoms with E-state index in [1.165, 1.54) is 6.92 Å². The van der Waals surface area contributed by atoms with Crippen molar-refractivity contribution in [2.24, 2.45) is 5.92 Å². The molecule has 0 bridgehead atoms. The molecule has 0 N–H and O–H groups in total. The number of hydrogen-bond acceptors (Lipinski definition) is 5. The lowest BCUT2D eigenvalue weighted by Crippen LogP contribution is -2.28. The summed E-state index contributed by atoms with van der Waals surface area (Å²) in [6, 6.07) is 16.3. The summed E-state index contributed by atoms with van der Waals surface area (Å²) in [4.78, 5) is 36.2. The molecule has 0 fully saturated rings. The van der Waals surface area contributed by atoms with Gasteiger partial charge in [0.2, 0.25) is 0 Å². The molecule has 0 spiro atoms.